The number of piperidine rings is 1. The second kappa shape index (κ2) is 7.36. The molecule has 0 radical (unpaired) electrons. The molecule has 6 heteroatoms. The van der Waals surface area contributed by atoms with Crippen molar-refractivity contribution in [1.82, 2.24) is 10.2 Å². The van der Waals surface area contributed by atoms with Crippen molar-refractivity contribution >= 4 is 5.91 Å². The van der Waals surface area contributed by atoms with E-state index < -0.39 is 6.61 Å². The summed E-state index contributed by atoms with van der Waals surface area (Å²) < 4.78 is 28.5. The largest absolute Gasteiger partial charge is 0.435 e. The van der Waals surface area contributed by atoms with Gasteiger partial charge in [0.15, 0.2) is 0 Å². The van der Waals surface area contributed by atoms with Gasteiger partial charge in [0, 0.05) is 24.7 Å². The smallest absolute Gasteiger partial charge is 0.387 e. The number of rotatable bonds is 5. The van der Waals surface area contributed by atoms with Crippen LogP contribution in [-0.2, 0) is 0 Å². The molecule has 1 N–H and O–H groups in total. The summed E-state index contributed by atoms with van der Waals surface area (Å²) in [6.07, 6.45) is 3.11. The molecule has 0 aromatic heterocycles. The van der Waals surface area contributed by atoms with Crippen LogP contribution in [0.1, 0.15) is 29.6 Å². The van der Waals surface area contributed by atoms with Gasteiger partial charge < -0.3 is 15.0 Å². The molecule has 1 atom stereocenters. The fourth-order valence-corrected chi connectivity index (χ4v) is 2.66. The van der Waals surface area contributed by atoms with Crippen LogP contribution in [0.5, 0.6) is 5.75 Å². The van der Waals surface area contributed by atoms with Crippen molar-refractivity contribution in [2.24, 2.45) is 0 Å². The first-order valence-corrected chi connectivity index (χ1v) is 7.12. The molecule has 0 saturated carbocycles. The van der Waals surface area contributed by atoms with E-state index in [2.05, 4.69) is 10.1 Å². The number of alkyl halides is 2. The lowest BCUT2D eigenvalue weighted by molar-refractivity contribution is -0.0498. The zero-order chi connectivity index (χ0) is 15.2. The van der Waals surface area contributed by atoms with Crippen LogP contribution < -0.4 is 10.1 Å². The lowest BCUT2D eigenvalue weighted by atomic mass is 10.0. The lowest BCUT2D eigenvalue weighted by Crippen LogP contribution is -2.48. The van der Waals surface area contributed by atoms with Gasteiger partial charge in [-0.3, -0.25) is 4.79 Å². The molecule has 1 aliphatic heterocycles. The van der Waals surface area contributed by atoms with Crippen LogP contribution in [0.4, 0.5) is 8.78 Å². The molecule has 21 heavy (non-hydrogen) atoms. The number of nitrogens with zero attached hydrogens (tertiary/aromatic N) is 1. The highest BCUT2D eigenvalue weighted by Crippen LogP contribution is 2.21. The molecule has 2 rings (SSSR count). The van der Waals surface area contributed by atoms with Crippen molar-refractivity contribution in [3.63, 3.8) is 0 Å². The van der Waals surface area contributed by atoms with Crippen LogP contribution in [0.25, 0.3) is 0 Å². The minimum atomic E-state index is -2.85. The third kappa shape index (κ3) is 4.14. The van der Waals surface area contributed by atoms with Crippen molar-refractivity contribution in [3.05, 3.63) is 29.8 Å². The second-order valence-electron chi connectivity index (χ2n) is 5.11. The third-order valence-corrected chi connectivity index (χ3v) is 3.65. The summed E-state index contributed by atoms with van der Waals surface area (Å²) in [7, 11) is 1.87. The van der Waals surface area contributed by atoms with Gasteiger partial charge >= 0.3 is 6.61 Å². The first kappa shape index (κ1) is 15.7. The molecule has 1 amide bonds. The van der Waals surface area contributed by atoms with Gasteiger partial charge in [0.25, 0.3) is 5.91 Å². The van der Waals surface area contributed by atoms with E-state index in [1.807, 2.05) is 11.9 Å². The minimum Gasteiger partial charge on any atom is -0.435 e. The molecule has 4 nitrogen and oxygen atoms in total. The number of halogens is 2. The summed E-state index contributed by atoms with van der Waals surface area (Å²) in [5.74, 6) is 0.00511. The first-order chi connectivity index (χ1) is 10.1. The summed E-state index contributed by atoms with van der Waals surface area (Å²) in [4.78, 5) is 14.4. The Morgan fingerprint density at radius 2 is 2.10 bits per heavy atom. The van der Waals surface area contributed by atoms with E-state index in [0.717, 1.165) is 32.4 Å². The topological polar surface area (TPSA) is 41.6 Å². The minimum absolute atomic E-state index is 0.0569. The predicted octanol–water partition coefficient (Wildman–Crippen LogP) is 2.50. The van der Waals surface area contributed by atoms with Crippen molar-refractivity contribution < 1.29 is 18.3 Å². The van der Waals surface area contributed by atoms with E-state index in [0.29, 0.717) is 5.56 Å². The molecule has 1 fully saturated rings. The maximum atomic E-state index is 12.5. The van der Waals surface area contributed by atoms with E-state index in [4.69, 9.17) is 0 Å². The lowest BCUT2D eigenvalue weighted by Gasteiger charge is -2.35. The molecule has 1 aromatic carbocycles. The van der Waals surface area contributed by atoms with Gasteiger partial charge in [0.1, 0.15) is 5.75 Å². The molecule has 1 saturated heterocycles. The Hall–Kier alpha value is -1.69. The Bertz CT molecular complexity index is 463. The number of carbonyl (C=O) groups excluding carboxylic acids is 1. The maximum absolute atomic E-state index is 12.5. The standard InChI is InChI=1S/C15H20F2N2O2/c1-18-10-12-4-2-3-9-19(12)14(20)11-5-7-13(8-6-11)21-15(16)17/h5-8,12,15,18H,2-4,9-10H2,1H3. The monoisotopic (exact) mass is 298 g/mol. The summed E-state index contributed by atoms with van der Waals surface area (Å²) in [6, 6.07) is 6.05. The van der Waals surface area contributed by atoms with Gasteiger partial charge in [-0.1, -0.05) is 0 Å². The zero-order valence-corrected chi connectivity index (χ0v) is 12.0. The summed E-state index contributed by atoms with van der Waals surface area (Å²) in [5, 5.41) is 3.11. The predicted molar refractivity (Wildman–Crippen MR) is 75.7 cm³/mol. The van der Waals surface area contributed by atoms with E-state index in [-0.39, 0.29) is 17.7 Å². The number of likely N-dealkylation sites (tertiary alicyclic amines) is 1. The van der Waals surface area contributed by atoms with Gasteiger partial charge in [0.05, 0.1) is 0 Å². The van der Waals surface area contributed by atoms with Crippen molar-refractivity contribution in [3.8, 4) is 5.75 Å². The number of nitrogens with one attached hydrogen (secondary N) is 1. The maximum Gasteiger partial charge on any atom is 0.387 e. The molecule has 1 aliphatic rings. The van der Waals surface area contributed by atoms with E-state index in [9.17, 15) is 13.6 Å². The van der Waals surface area contributed by atoms with Crippen LogP contribution >= 0.6 is 0 Å². The van der Waals surface area contributed by atoms with Crippen LogP contribution in [0.3, 0.4) is 0 Å². The summed E-state index contributed by atoms with van der Waals surface area (Å²) in [6.45, 7) is -1.35. The molecule has 0 bridgehead atoms. The van der Waals surface area contributed by atoms with Crippen LogP contribution in [-0.4, -0.2) is 43.6 Å². The molecule has 0 spiro atoms. The Morgan fingerprint density at radius 1 is 1.38 bits per heavy atom. The fraction of sp³-hybridized carbons (Fsp3) is 0.533. The van der Waals surface area contributed by atoms with E-state index in [1.165, 1.54) is 24.3 Å². The fourth-order valence-electron chi connectivity index (χ4n) is 2.66. The van der Waals surface area contributed by atoms with Crippen molar-refractivity contribution in [2.75, 3.05) is 20.1 Å². The molecule has 116 valence electrons. The van der Waals surface area contributed by atoms with Crippen molar-refractivity contribution in [2.45, 2.75) is 31.9 Å². The van der Waals surface area contributed by atoms with E-state index in [1.54, 1.807) is 0 Å². The summed E-state index contributed by atoms with van der Waals surface area (Å²) in [5.41, 5.74) is 0.500. The van der Waals surface area contributed by atoms with Gasteiger partial charge in [-0.25, -0.2) is 0 Å². The Kier molecular flexibility index (Phi) is 5.50. The number of likely N-dealkylation sites (N-methyl/N-ethyl adjacent to an activating group) is 1. The van der Waals surface area contributed by atoms with Gasteiger partial charge in [-0.05, 0) is 50.6 Å². The zero-order valence-electron chi connectivity index (χ0n) is 12.0. The molecular formula is C15H20F2N2O2. The van der Waals surface area contributed by atoms with Gasteiger partial charge in [0.2, 0.25) is 0 Å². The molecular weight excluding hydrogens is 278 g/mol. The molecule has 1 heterocycles. The highest BCUT2D eigenvalue weighted by atomic mass is 19.3. The number of amides is 1. The average molecular weight is 298 g/mol. The molecule has 1 unspecified atom stereocenters. The third-order valence-electron chi connectivity index (χ3n) is 3.65. The van der Waals surface area contributed by atoms with Gasteiger partial charge in [-0.15, -0.1) is 0 Å². The summed E-state index contributed by atoms with van der Waals surface area (Å²) >= 11 is 0. The second-order valence-corrected chi connectivity index (χ2v) is 5.11. The Balaban J connectivity index is 2.07. The van der Waals surface area contributed by atoms with Crippen LogP contribution in [0.15, 0.2) is 24.3 Å². The highest BCUT2D eigenvalue weighted by molar-refractivity contribution is 5.94. The number of ether oxygens (including phenoxy) is 1. The highest BCUT2D eigenvalue weighted by Gasteiger charge is 2.26. The van der Waals surface area contributed by atoms with Gasteiger partial charge in [-0.2, -0.15) is 8.78 Å². The number of carbonyl (C=O) groups is 1. The normalized spacial score (nSPS) is 18.9. The quantitative estimate of drug-likeness (QED) is 0.908. The number of benzene rings is 1. The SMILES string of the molecule is CNCC1CCCCN1C(=O)c1ccc(OC(F)F)cc1. The number of hydrogen-bond donors (Lipinski definition) is 1. The van der Waals surface area contributed by atoms with E-state index >= 15 is 0 Å². The molecule has 0 aliphatic carbocycles. The van der Waals surface area contributed by atoms with Crippen LogP contribution in [0, 0.1) is 0 Å². The Morgan fingerprint density at radius 3 is 2.71 bits per heavy atom. The van der Waals surface area contributed by atoms with Crippen molar-refractivity contribution in [1.29, 1.82) is 0 Å². The average Bonchev–Trinajstić information content (AvgIpc) is 2.48. The van der Waals surface area contributed by atoms with Crippen LogP contribution in [0.2, 0.25) is 0 Å². The Labute approximate surface area is 123 Å². The first-order valence-electron chi connectivity index (χ1n) is 7.12. The number of hydrogen-bond acceptors (Lipinski definition) is 3. The molecule has 1 aromatic rings.